The highest BCUT2D eigenvalue weighted by molar-refractivity contribution is 7.22. The third-order valence-electron chi connectivity index (χ3n) is 4.35. The highest BCUT2D eigenvalue weighted by Gasteiger charge is 2.21. The Balaban J connectivity index is 1.31. The van der Waals surface area contributed by atoms with Crippen molar-refractivity contribution in [3.05, 3.63) is 54.6 Å². The maximum Gasteiger partial charge on any atom is 0.238 e. The molecule has 1 aliphatic heterocycles. The molecule has 128 valence electrons. The minimum atomic E-state index is 0.0413. The largest absolute Gasteiger partial charge is 0.345 e. The van der Waals surface area contributed by atoms with Crippen LogP contribution in [0.1, 0.15) is 0 Å². The van der Waals surface area contributed by atoms with Gasteiger partial charge in [0.2, 0.25) is 5.91 Å². The summed E-state index contributed by atoms with van der Waals surface area (Å²) in [5, 5.41) is 4.02. The van der Waals surface area contributed by atoms with Gasteiger partial charge in [-0.15, -0.1) is 0 Å². The van der Waals surface area contributed by atoms with Crippen molar-refractivity contribution < 1.29 is 4.79 Å². The second-order valence-electron chi connectivity index (χ2n) is 6.14. The number of amides is 1. The lowest BCUT2D eigenvalue weighted by Gasteiger charge is -2.34. The first-order valence-corrected chi connectivity index (χ1v) is 9.27. The zero-order chi connectivity index (χ0) is 17.1. The molecule has 6 heteroatoms. The third-order valence-corrected chi connectivity index (χ3v) is 5.45. The smallest absolute Gasteiger partial charge is 0.238 e. The van der Waals surface area contributed by atoms with Crippen LogP contribution in [0.3, 0.4) is 0 Å². The summed E-state index contributed by atoms with van der Waals surface area (Å²) >= 11 is 1.74. The quantitative estimate of drug-likeness (QED) is 0.784. The Kier molecular flexibility index (Phi) is 4.63. The minimum absolute atomic E-state index is 0.0413. The molecule has 0 radical (unpaired) electrons. The Labute approximate surface area is 150 Å². The molecule has 2 aromatic carbocycles. The second kappa shape index (κ2) is 7.21. The number of hydrogen-bond donors (Lipinski definition) is 1. The van der Waals surface area contributed by atoms with Gasteiger partial charge in [0, 0.05) is 31.9 Å². The van der Waals surface area contributed by atoms with Crippen molar-refractivity contribution in [3.8, 4) is 0 Å². The van der Waals surface area contributed by atoms with Gasteiger partial charge in [-0.3, -0.25) is 9.69 Å². The van der Waals surface area contributed by atoms with E-state index in [1.54, 1.807) is 11.3 Å². The van der Waals surface area contributed by atoms with Crippen molar-refractivity contribution in [3.63, 3.8) is 0 Å². The minimum Gasteiger partial charge on any atom is -0.345 e. The summed E-state index contributed by atoms with van der Waals surface area (Å²) in [6.45, 7) is 3.98. The zero-order valence-electron chi connectivity index (χ0n) is 13.9. The number of nitrogens with one attached hydrogen (secondary N) is 1. The van der Waals surface area contributed by atoms with Gasteiger partial charge in [0.15, 0.2) is 5.13 Å². The first-order chi connectivity index (χ1) is 12.3. The summed E-state index contributed by atoms with van der Waals surface area (Å²) in [6.07, 6.45) is 0. The normalized spacial score (nSPS) is 15.4. The molecule has 0 aliphatic carbocycles. The molecule has 1 fully saturated rings. The molecular weight excluding hydrogens is 332 g/mol. The molecular formula is C19H20N4OS. The predicted molar refractivity (Wildman–Crippen MR) is 103 cm³/mol. The fourth-order valence-electron chi connectivity index (χ4n) is 3.02. The summed E-state index contributed by atoms with van der Waals surface area (Å²) in [6, 6.07) is 17.8. The highest BCUT2D eigenvalue weighted by Crippen LogP contribution is 2.29. The van der Waals surface area contributed by atoms with E-state index in [1.165, 1.54) is 4.70 Å². The summed E-state index contributed by atoms with van der Waals surface area (Å²) < 4.78 is 1.22. The Morgan fingerprint density at radius 3 is 2.48 bits per heavy atom. The van der Waals surface area contributed by atoms with Gasteiger partial charge in [0.05, 0.1) is 16.8 Å². The van der Waals surface area contributed by atoms with E-state index in [9.17, 15) is 4.79 Å². The van der Waals surface area contributed by atoms with Crippen LogP contribution in [0.15, 0.2) is 54.6 Å². The van der Waals surface area contributed by atoms with Crippen LogP contribution in [-0.4, -0.2) is 48.5 Å². The summed E-state index contributed by atoms with van der Waals surface area (Å²) in [5.41, 5.74) is 1.91. The molecule has 25 heavy (non-hydrogen) atoms. The van der Waals surface area contributed by atoms with E-state index in [1.807, 2.05) is 42.5 Å². The van der Waals surface area contributed by atoms with Gasteiger partial charge < -0.3 is 10.2 Å². The summed E-state index contributed by atoms with van der Waals surface area (Å²) in [7, 11) is 0. The Bertz CT molecular complexity index is 823. The lowest BCUT2D eigenvalue weighted by Crippen LogP contribution is -2.48. The molecule has 0 atom stereocenters. The van der Waals surface area contributed by atoms with Crippen molar-refractivity contribution in [2.75, 3.05) is 42.9 Å². The second-order valence-corrected chi connectivity index (χ2v) is 7.15. The number of benzene rings is 2. The average Bonchev–Trinajstić information content (AvgIpc) is 3.07. The lowest BCUT2D eigenvalue weighted by molar-refractivity contribution is -0.117. The van der Waals surface area contributed by atoms with Gasteiger partial charge in [0.1, 0.15) is 0 Å². The molecule has 0 saturated carbocycles. The topological polar surface area (TPSA) is 48.5 Å². The molecule has 5 nitrogen and oxygen atoms in total. The molecule has 0 unspecified atom stereocenters. The molecule has 1 aromatic heterocycles. The van der Waals surface area contributed by atoms with Crippen LogP contribution < -0.4 is 10.2 Å². The van der Waals surface area contributed by atoms with Crippen LogP contribution >= 0.6 is 11.3 Å². The summed E-state index contributed by atoms with van der Waals surface area (Å²) in [4.78, 5) is 21.4. The molecule has 1 amide bonds. The van der Waals surface area contributed by atoms with Crippen LogP contribution in [0.5, 0.6) is 0 Å². The SMILES string of the molecule is O=C(CN1CCN(c2nc3ccccc3s2)CC1)Nc1ccccc1. The van der Waals surface area contributed by atoms with Crippen molar-refractivity contribution in [2.24, 2.45) is 0 Å². The van der Waals surface area contributed by atoms with E-state index in [0.29, 0.717) is 6.54 Å². The molecule has 1 saturated heterocycles. The van der Waals surface area contributed by atoms with Crippen molar-refractivity contribution in [2.45, 2.75) is 0 Å². The van der Waals surface area contributed by atoms with E-state index < -0.39 is 0 Å². The van der Waals surface area contributed by atoms with E-state index in [-0.39, 0.29) is 5.91 Å². The number of hydrogen-bond acceptors (Lipinski definition) is 5. The molecule has 1 N–H and O–H groups in total. The van der Waals surface area contributed by atoms with Crippen molar-refractivity contribution >= 4 is 38.3 Å². The number of rotatable bonds is 4. The lowest BCUT2D eigenvalue weighted by atomic mass is 10.3. The number of nitrogens with zero attached hydrogens (tertiary/aromatic N) is 3. The van der Waals surface area contributed by atoms with Gasteiger partial charge in [-0.2, -0.15) is 0 Å². The van der Waals surface area contributed by atoms with Crippen LogP contribution in [0.25, 0.3) is 10.2 Å². The standard InChI is InChI=1S/C19H20N4OS/c24-18(20-15-6-2-1-3-7-15)14-22-10-12-23(13-11-22)19-21-16-8-4-5-9-17(16)25-19/h1-9H,10-14H2,(H,20,24). The van der Waals surface area contributed by atoms with E-state index in [0.717, 1.165) is 42.5 Å². The first-order valence-electron chi connectivity index (χ1n) is 8.46. The number of carbonyl (C=O) groups is 1. The number of anilines is 2. The van der Waals surface area contributed by atoms with Gasteiger partial charge in [-0.05, 0) is 24.3 Å². The van der Waals surface area contributed by atoms with Crippen LogP contribution in [0, 0.1) is 0 Å². The Hall–Kier alpha value is -2.44. The number of fused-ring (bicyclic) bond motifs is 1. The van der Waals surface area contributed by atoms with Crippen LogP contribution in [0.2, 0.25) is 0 Å². The van der Waals surface area contributed by atoms with E-state index in [4.69, 9.17) is 4.98 Å². The average molecular weight is 352 g/mol. The van der Waals surface area contributed by atoms with Crippen LogP contribution in [0.4, 0.5) is 10.8 Å². The maximum atomic E-state index is 12.2. The number of carbonyl (C=O) groups excluding carboxylic acids is 1. The molecule has 1 aliphatic rings. The number of para-hydroxylation sites is 2. The fraction of sp³-hybridized carbons (Fsp3) is 0.263. The Morgan fingerprint density at radius 2 is 1.72 bits per heavy atom. The number of piperazine rings is 1. The van der Waals surface area contributed by atoms with Gasteiger partial charge in [-0.1, -0.05) is 41.7 Å². The van der Waals surface area contributed by atoms with Crippen LogP contribution in [-0.2, 0) is 4.79 Å². The molecule has 0 spiro atoms. The van der Waals surface area contributed by atoms with E-state index >= 15 is 0 Å². The van der Waals surface area contributed by atoms with Gasteiger partial charge in [-0.25, -0.2) is 4.98 Å². The summed E-state index contributed by atoms with van der Waals surface area (Å²) in [5.74, 6) is 0.0413. The third kappa shape index (κ3) is 3.81. The van der Waals surface area contributed by atoms with Gasteiger partial charge in [0.25, 0.3) is 0 Å². The number of thiazole rings is 1. The predicted octanol–water partition coefficient (Wildman–Crippen LogP) is 3.06. The highest BCUT2D eigenvalue weighted by atomic mass is 32.1. The molecule has 2 heterocycles. The maximum absolute atomic E-state index is 12.2. The first kappa shape index (κ1) is 16.1. The molecule has 4 rings (SSSR count). The molecule has 0 bridgehead atoms. The van der Waals surface area contributed by atoms with Gasteiger partial charge >= 0.3 is 0 Å². The van der Waals surface area contributed by atoms with Crippen molar-refractivity contribution in [1.29, 1.82) is 0 Å². The monoisotopic (exact) mass is 352 g/mol. The number of aromatic nitrogens is 1. The van der Waals surface area contributed by atoms with Crippen molar-refractivity contribution in [1.82, 2.24) is 9.88 Å². The fourth-order valence-corrected chi connectivity index (χ4v) is 4.03. The molecule has 3 aromatic rings. The Morgan fingerprint density at radius 1 is 1.00 bits per heavy atom. The van der Waals surface area contributed by atoms with E-state index in [2.05, 4.69) is 27.2 Å². The zero-order valence-corrected chi connectivity index (χ0v) is 14.7.